The van der Waals surface area contributed by atoms with Crippen molar-refractivity contribution in [2.24, 2.45) is 12.8 Å². The monoisotopic (exact) mass is 603 g/mol. The summed E-state index contributed by atoms with van der Waals surface area (Å²) in [6.07, 6.45) is -1.86. The summed E-state index contributed by atoms with van der Waals surface area (Å²) < 4.78 is 49.8. The lowest BCUT2D eigenvalue weighted by molar-refractivity contribution is -0.140. The van der Waals surface area contributed by atoms with Crippen molar-refractivity contribution >= 4 is 50.7 Å². The van der Waals surface area contributed by atoms with Gasteiger partial charge in [-0.1, -0.05) is 17.7 Å². The van der Waals surface area contributed by atoms with Gasteiger partial charge in [0.2, 0.25) is 0 Å². The Morgan fingerprint density at radius 2 is 1.93 bits per heavy atom. The van der Waals surface area contributed by atoms with Crippen LogP contribution in [0, 0.1) is 13.8 Å². The molecule has 2 amide bonds. The summed E-state index contributed by atoms with van der Waals surface area (Å²) in [5, 5.41) is 11.5. The number of benzene rings is 1. The van der Waals surface area contributed by atoms with Crippen molar-refractivity contribution < 1.29 is 27.5 Å². The molecule has 3 N–H and O–H groups in total. The van der Waals surface area contributed by atoms with Crippen LogP contribution in [0.15, 0.2) is 42.7 Å². The molecule has 0 fully saturated rings. The van der Waals surface area contributed by atoms with E-state index >= 15 is 0 Å². The van der Waals surface area contributed by atoms with E-state index in [-0.39, 0.29) is 38.8 Å². The smallest absolute Gasteiger partial charge is 0.433 e. The van der Waals surface area contributed by atoms with Crippen molar-refractivity contribution in [3.63, 3.8) is 0 Å². The summed E-state index contributed by atoms with van der Waals surface area (Å²) >= 11 is 6.81. The van der Waals surface area contributed by atoms with E-state index in [0.29, 0.717) is 33.4 Å². The maximum absolute atomic E-state index is 13.8. The predicted molar refractivity (Wildman–Crippen MR) is 147 cm³/mol. The van der Waals surface area contributed by atoms with E-state index in [1.165, 1.54) is 27.8 Å². The van der Waals surface area contributed by atoms with E-state index in [1.807, 2.05) is 13.0 Å². The molecule has 0 spiro atoms. The zero-order valence-corrected chi connectivity index (χ0v) is 23.3. The van der Waals surface area contributed by atoms with Gasteiger partial charge in [0.25, 0.3) is 11.8 Å². The van der Waals surface area contributed by atoms with Crippen LogP contribution in [0.5, 0.6) is 5.75 Å². The number of primary amides is 1. The second-order valence-electron chi connectivity index (χ2n) is 9.07. The molecule has 5 aromatic rings. The average Bonchev–Trinajstić information content (AvgIpc) is 3.62. The van der Waals surface area contributed by atoms with Gasteiger partial charge in [-0.05, 0) is 49.2 Å². The fraction of sp³-hybridized carbons (Fsp3) is 0.192. The summed E-state index contributed by atoms with van der Waals surface area (Å²) in [5.41, 5.74) is 6.24. The first-order valence-electron chi connectivity index (χ1n) is 11.9. The van der Waals surface area contributed by atoms with Crippen LogP contribution in [-0.4, -0.2) is 36.4 Å². The highest BCUT2D eigenvalue weighted by Gasteiger charge is 2.35. The fourth-order valence-corrected chi connectivity index (χ4v) is 5.28. The number of thiophene rings is 1. The van der Waals surface area contributed by atoms with Crippen molar-refractivity contribution in [2.45, 2.75) is 26.8 Å². The maximum Gasteiger partial charge on any atom is 0.433 e. The lowest BCUT2D eigenvalue weighted by atomic mass is 10.0. The van der Waals surface area contributed by atoms with Crippen molar-refractivity contribution in [3.8, 4) is 16.9 Å². The van der Waals surface area contributed by atoms with Crippen LogP contribution in [0.25, 0.3) is 21.3 Å². The van der Waals surface area contributed by atoms with Gasteiger partial charge in [-0.2, -0.15) is 23.4 Å². The number of alkyl halides is 3. The molecule has 0 bridgehead atoms. The summed E-state index contributed by atoms with van der Waals surface area (Å²) in [6.45, 7) is 3.51. The zero-order valence-electron chi connectivity index (χ0n) is 21.7. The molecule has 0 unspecified atom stereocenters. The molecule has 0 aliphatic heterocycles. The highest BCUT2D eigenvalue weighted by Crippen LogP contribution is 2.44. The first-order chi connectivity index (χ1) is 19.3. The zero-order chi connectivity index (χ0) is 29.6. The molecule has 0 saturated carbocycles. The number of fused-ring (bicyclic) bond motifs is 1. The summed E-state index contributed by atoms with van der Waals surface area (Å²) in [5.74, 6) is -1.24. The average molecular weight is 604 g/mol. The summed E-state index contributed by atoms with van der Waals surface area (Å²) in [4.78, 5) is 29.1. The molecule has 0 aliphatic carbocycles. The van der Waals surface area contributed by atoms with Crippen molar-refractivity contribution in [3.05, 3.63) is 75.3 Å². The maximum atomic E-state index is 13.8. The van der Waals surface area contributed by atoms with Gasteiger partial charge >= 0.3 is 6.18 Å². The molecule has 0 aliphatic rings. The molecule has 212 valence electrons. The molecule has 5 rings (SSSR count). The van der Waals surface area contributed by atoms with E-state index in [0.717, 1.165) is 11.6 Å². The third-order valence-electron chi connectivity index (χ3n) is 6.25. The number of pyridine rings is 1. The number of nitrogens with zero attached hydrogens (tertiary/aromatic N) is 5. The molecule has 15 heteroatoms. The number of halogens is 4. The third kappa shape index (κ3) is 5.47. The van der Waals surface area contributed by atoms with E-state index < -0.39 is 23.7 Å². The Kier molecular flexibility index (Phi) is 7.21. The molecule has 0 atom stereocenters. The Balaban J connectivity index is 1.53. The van der Waals surface area contributed by atoms with Crippen molar-refractivity contribution in [2.75, 3.05) is 5.32 Å². The molecular formula is C26H21ClF3N7O3S. The largest absolute Gasteiger partial charge is 0.470 e. The minimum Gasteiger partial charge on any atom is -0.470 e. The number of nitrogens with one attached hydrogen (secondary N) is 1. The highest BCUT2D eigenvalue weighted by molar-refractivity contribution is 7.21. The Hall–Kier alpha value is -4.43. The topological polar surface area (TPSA) is 130 Å². The van der Waals surface area contributed by atoms with Crippen molar-refractivity contribution in [1.29, 1.82) is 0 Å². The highest BCUT2D eigenvalue weighted by atomic mass is 35.5. The molecule has 0 saturated heterocycles. The van der Waals surface area contributed by atoms with Gasteiger partial charge in [0.1, 0.15) is 21.2 Å². The normalized spacial score (nSPS) is 11.7. The minimum atomic E-state index is -4.77. The number of amides is 2. The second-order valence-corrected chi connectivity index (χ2v) is 10.5. The quantitative estimate of drug-likeness (QED) is 0.250. The fourth-order valence-electron chi connectivity index (χ4n) is 4.10. The lowest BCUT2D eigenvalue weighted by Gasteiger charge is -2.12. The van der Waals surface area contributed by atoms with Crippen LogP contribution in [0.2, 0.25) is 5.02 Å². The summed E-state index contributed by atoms with van der Waals surface area (Å²) in [7, 11) is 1.64. The number of ether oxygens (including phenoxy) is 1. The number of nitrogens with two attached hydrogens (primary N) is 1. The Bertz CT molecular complexity index is 1830. The van der Waals surface area contributed by atoms with Crippen LogP contribution in [0.3, 0.4) is 0 Å². The second kappa shape index (κ2) is 10.5. The van der Waals surface area contributed by atoms with Gasteiger partial charge in [0.15, 0.2) is 12.4 Å². The Morgan fingerprint density at radius 3 is 2.59 bits per heavy atom. The predicted octanol–water partition coefficient (Wildman–Crippen LogP) is 5.57. The third-order valence-corrected chi connectivity index (χ3v) is 7.66. The van der Waals surface area contributed by atoms with E-state index in [9.17, 15) is 22.8 Å². The van der Waals surface area contributed by atoms with Gasteiger partial charge in [-0.3, -0.25) is 14.3 Å². The number of carbonyl (C=O) groups is 2. The number of hydrogen-bond acceptors (Lipinski definition) is 7. The molecule has 41 heavy (non-hydrogen) atoms. The Morgan fingerprint density at radius 1 is 1.17 bits per heavy atom. The minimum absolute atomic E-state index is 0.0438. The first kappa shape index (κ1) is 28.1. The van der Waals surface area contributed by atoms with E-state index in [2.05, 4.69) is 20.5 Å². The van der Waals surface area contributed by atoms with Crippen LogP contribution < -0.4 is 15.8 Å². The first-order valence-corrected chi connectivity index (χ1v) is 13.1. The molecule has 0 radical (unpaired) electrons. The van der Waals surface area contributed by atoms with Gasteiger partial charge in [0.05, 0.1) is 16.9 Å². The van der Waals surface area contributed by atoms with Gasteiger partial charge in [0, 0.05) is 29.9 Å². The Labute approximate surface area is 239 Å². The number of aromatic nitrogens is 5. The van der Waals surface area contributed by atoms with E-state index in [4.69, 9.17) is 22.1 Å². The lowest BCUT2D eigenvalue weighted by Crippen LogP contribution is -2.18. The summed E-state index contributed by atoms with van der Waals surface area (Å²) in [6, 6.07) is 7.57. The number of carbonyl (C=O) groups excluding carboxylic acids is 2. The molecule has 4 aromatic heterocycles. The van der Waals surface area contributed by atoms with Crippen LogP contribution in [0.4, 0.5) is 18.9 Å². The van der Waals surface area contributed by atoms with Crippen molar-refractivity contribution in [1.82, 2.24) is 24.5 Å². The molecule has 10 nitrogen and oxygen atoms in total. The van der Waals surface area contributed by atoms with Crippen LogP contribution >= 0.6 is 22.9 Å². The standard InChI is InChI=1S/C26H21ClF3N7O3S/c1-12-4-5-16(27)18(8-12)40-11-37-7-6-17(35-37)24(39)34-21-20-14(15-10-32-36(3)13(15)2)9-19(26(28,29)30)33-25(20)41-22(21)23(31)38/h4-10H,11H2,1-3H3,(H2,31,38)(H,34,39). The SMILES string of the molecule is Cc1ccc(Cl)c(OCn2ccc(C(=O)Nc3c(C(N)=O)sc4nc(C(F)(F)F)cc(-c5cnn(C)c5C)c34)n2)c1. The number of rotatable bonds is 7. The van der Waals surface area contributed by atoms with E-state index in [1.54, 1.807) is 26.1 Å². The molecule has 1 aromatic carbocycles. The van der Waals surface area contributed by atoms with Crippen LogP contribution in [0.1, 0.15) is 37.1 Å². The number of hydrogen-bond donors (Lipinski definition) is 2. The number of aryl methyl sites for hydroxylation is 2. The number of anilines is 1. The van der Waals surface area contributed by atoms with Gasteiger partial charge in [-0.25, -0.2) is 9.67 Å². The molecule has 4 heterocycles. The van der Waals surface area contributed by atoms with Gasteiger partial charge < -0.3 is 15.8 Å². The molecular weight excluding hydrogens is 583 g/mol. The van der Waals surface area contributed by atoms with Crippen LogP contribution in [-0.2, 0) is 20.0 Å². The van der Waals surface area contributed by atoms with Gasteiger partial charge in [-0.15, -0.1) is 11.3 Å².